The number of nitrogens with one attached hydrogen (secondary N) is 1. The van der Waals surface area contributed by atoms with Crippen LogP contribution in [0.3, 0.4) is 0 Å². The standard InChI is InChI=1S/C16H23N3/c1-4-15-18-13-10-12(6-7-14(13)19(15)3)16(11-17-2)8-5-9-16/h6-7,10,17H,4-5,8-9,11H2,1-3H3. The maximum atomic E-state index is 4.77. The van der Waals surface area contributed by atoms with Gasteiger partial charge in [-0.15, -0.1) is 0 Å². The SMILES string of the molecule is CCc1nc2cc(C3(CNC)CCC3)ccc2n1C. The van der Waals surface area contributed by atoms with E-state index in [1.54, 1.807) is 0 Å². The molecule has 3 heteroatoms. The van der Waals surface area contributed by atoms with Gasteiger partial charge in [0.25, 0.3) is 0 Å². The first-order chi connectivity index (χ1) is 9.20. The van der Waals surface area contributed by atoms with Crippen molar-refractivity contribution in [2.45, 2.75) is 38.0 Å². The highest BCUT2D eigenvalue weighted by Gasteiger charge is 2.38. The van der Waals surface area contributed by atoms with Crippen molar-refractivity contribution in [3.63, 3.8) is 0 Å². The molecule has 0 unspecified atom stereocenters. The van der Waals surface area contributed by atoms with Gasteiger partial charge in [-0.2, -0.15) is 0 Å². The van der Waals surface area contributed by atoms with Gasteiger partial charge in [0.2, 0.25) is 0 Å². The molecule has 19 heavy (non-hydrogen) atoms. The predicted octanol–water partition coefficient (Wildman–Crippen LogP) is 2.78. The van der Waals surface area contributed by atoms with E-state index in [9.17, 15) is 0 Å². The van der Waals surface area contributed by atoms with Crippen molar-refractivity contribution in [2.24, 2.45) is 7.05 Å². The van der Waals surface area contributed by atoms with Crippen LogP contribution in [-0.4, -0.2) is 23.1 Å². The predicted molar refractivity (Wildman–Crippen MR) is 79.5 cm³/mol. The molecule has 102 valence electrons. The summed E-state index contributed by atoms with van der Waals surface area (Å²) in [4.78, 5) is 4.77. The summed E-state index contributed by atoms with van der Waals surface area (Å²) in [6.45, 7) is 3.24. The molecule has 1 heterocycles. The second kappa shape index (κ2) is 4.64. The van der Waals surface area contributed by atoms with Crippen LogP contribution in [-0.2, 0) is 18.9 Å². The molecule has 0 saturated heterocycles. The first-order valence-corrected chi connectivity index (χ1v) is 7.30. The topological polar surface area (TPSA) is 29.9 Å². The number of likely N-dealkylation sites (N-methyl/N-ethyl adjacent to an activating group) is 1. The lowest BCUT2D eigenvalue weighted by Gasteiger charge is -2.42. The van der Waals surface area contributed by atoms with E-state index in [0.29, 0.717) is 5.41 Å². The third kappa shape index (κ3) is 1.88. The number of fused-ring (bicyclic) bond motifs is 1. The number of hydrogen-bond acceptors (Lipinski definition) is 2. The molecule has 1 saturated carbocycles. The van der Waals surface area contributed by atoms with Crippen LogP contribution < -0.4 is 5.32 Å². The zero-order chi connectivity index (χ0) is 13.5. The monoisotopic (exact) mass is 257 g/mol. The minimum Gasteiger partial charge on any atom is -0.331 e. The quantitative estimate of drug-likeness (QED) is 0.912. The molecule has 0 bridgehead atoms. The Labute approximate surface area is 115 Å². The molecule has 3 rings (SSSR count). The first-order valence-electron chi connectivity index (χ1n) is 7.30. The smallest absolute Gasteiger partial charge is 0.109 e. The second-order valence-electron chi connectivity index (χ2n) is 5.81. The highest BCUT2D eigenvalue weighted by Crippen LogP contribution is 2.43. The number of benzene rings is 1. The zero-order valence-electron chi connectivity index (χ0n) is 12.2. The molecule has 1 aliphatic carbocycles. The first kappa shape index (κ1) is 12.7. The van der Waals surface area contributed by atoms with Gasteiger partial charge in [0.15, 0.2) is 0 Å². The summed E-state index contributed by atoms with van der Waals surface area (Å²) in [5, 5.41) is 3.36. The average molecular weight is 257 g/mol. The third-order valence-electron chi connectivity index (χ3n) is 4.73. The van der Waals surface area contributed by atoms with Crippen molar-refractivity contribution in [2.75, 3.05) is 13.6 Å². The number of aromatic nitrogens is 2. The summed E-state index contributed by atoms with van der Waals surface area (Å²) in [5.74, 6) is 1.17. The number of hydrogen-bond donors (Lipinski definition) is 1. The van der Waals surface area contributed by atoms with Gasteiger partial charge in [-0.25, -0.2) is 4.98 Å². The number of nitrogens with zero attached hydrogens (tertiary/aromatic N) is 2. The van der Waals surface area contributed by atoms with Crippen molar-refractivity contribution >= 4 is 11.0 Å². The Bertz CT molecular complexity index is 593. The molecule has 1 fully saturated rings. The Kier molecular flexibility index (Phi) is 3.09. The summed E-state index contributed by atoms with van der Waals surface area (Å²) in [5.41, 5.74) is 4.22. The van der Waals surface area contributed by atoms with Gasteiger partial charge >= 0.3 is 0 Å². The highest BCUT2D eigenvalue weighted by atomic mass is 15.1. The van der Waals surface area contributed by atoms with E-state index >= 15 is 0 Å². The normalized spacial score (nSPS) is 17.6. The number of aryl methyl sites for hydroxylation is 2. The minimum atomic E-state index is 0.354. The van der Waals surface area contributed by atoms with Crippen LogP contribution >= 0.6 is 0 Å². The molecule has 1 N–H and O–H groups in total. The molecule has 1 aromatic heterocycles. The molecule has 3 nitrogen and oxygen atoms in total. The lowest BCUT2D eigenvalue weighted by Crippen LogP contribution is -2.42. The fourth-order valence-electron chi connectivity index (χ4n) is 3.41. The summed E-state index contributed by atoms with van der Waals surface area (Å²) in [6.07, 6.45) is 4.93. The minimum absolute atomic E-state index is 0.354. The van der Waals surface area contributed by atoms with Crippen LogP contribution in [0.5, 0.6) is 0 Å². The van der Waals surface area contributed by atoms with Gasteiger partial charge in [-0.3, -0.25) is 0 Å². The Morgan fingerprint density at radius 1 is 1.37 bits per heavy atom. The van der Waals surface area contributed by atoms with Crippen molar-refractivity contribution in [3.05, 3.63) is 29.6 Å². The maximum Gasteiger partial charge on any atom is 0.109 e. The van der Waals surface area contributed by atoms with Gasteiger partial charge in [0, 0.05) is 25.4 Å². The van der Waals surface area contributed by atoms with E-state index < -0.39 is 0 Å². The largest absolute Gasteiger partial charge is 0.331 e. The van der Waals surface area contributed by atoms with Gasteiger partial charge in [0.1, 0.15) is 5.82 Å². The fourth-order valence-corrected chi connectivity index (χ4v) is 3.41. The van der Waals surface area contributed by atoms with E-state index in [1.807, 2.05) is 0 Å². The van der Waals surface area contributed by atoms with Gasteiger partial charge < -0.3 is 9.88 Å². The van der Waals surface area contributed by atoms with Crippen LogP contribution in [0.2, 0.25) is 0 Å². The van der Waals surface area contributed by atoms with Crippen LogP contribution in [0.4, 0.5) is 0 Å². The molecule has 0 spiro atoms. The van der Waals surface area contributed by atoms with Gasteiger partial charge in [-0.05, 0) is 37.6 Å². The van der Waals surface area contributed by atoms with Crippen molar-refractivity contribution in [1.82, 2.24) is 14.9 Å². The number of rotatable bonds is 4. The summed E-state index contributed by atoms with van der Waals surface area (Å²) >= 11 is 0. The summed E-state index contributed by atoms with van der Waals surface area (Å²) in [7, 11) is 4.16. The van der Waals surface area contributed by atoms with Gasteiger partial charge in [-0.1, -0.05) is 19.4 Å². The highest BCUT2D eigenvalue weighted by molar-refractivity contribution is 5.77. The van der Waals surface area contributed by atoms with E-state index in [-0.39, 0.29) is 0 Å². The molecule has 1 aromatic carbocycles. The molecule has 1 aliphatic rings. The van der Waals surface area contributed by atoms with Crippen molar-refractivity contribution in [3.8, 4) is 0 Å². The van der Waals surface area contributed by atoms with Crippen LogP contribution in [0, 0.1) is 0 Å². The molecular weight excluding hydrogens is 234 g/mol. The summed E-state index contributed by atoms with van der Waals surface area (Å²) < 4.78 is 2.21. The van der Waals surface area contributed by atoms with E-state index in [1.165, 1.54) is 36.2 Å². The Balaban J connectivity index is 2.06. The van der Waals surface area contributed by atoms with E-state index in [2.05, 4.69) is 49.1 Å². The molecule has 0 amide bonds. The molecular formula is C16H23N3. The zero-order valence-corrected chi connectivity index (χ0v) is 12.2. The van der Waals surface area contributed by atoms with Crippen molar-refractivity contribution in [1.29, 1.82) is 0 Å². The van der Waals surface area contributed by atoms with Crippen LogP contribution in [0.1, 0.15) is 37.6 Å². The molecule has 0 atom stereocenters. The Hall–Kier alpha value is -1.35. The summed E-state index contributed by atoms with van der Waals surface area (Å²) in [6, 6.07) is 6.86. The molecule has 2 aromatic rings. The Morgan fingerprint density at radius 2 is 2.16 bits per heavy atom. The molecule has 0 aliphatic heterocycles. The van der Waals surface area contributed by atoms with Crippen LogP contribution in [0.25, 0.3) is 11.0 Å². The lowest BCUT2D eigenvalue weighted by molar-refractivity contribution is 0.239. The molecule has 0 radical (unpaired) electrons. The van der Waals surface area contributed by atoms with E-state index in [0.717, 1.165) is 18.5 Å². The van der Waals surface area contributed by atoms with Crippen LogP contribution in [0.15, 0.2) is 18.2 Å². The number of imidazole rings is 1. The van der Waals surface area contributed by atoms with Gasteiger partial charge in [0.05, 0.1) is 11.0 Å². The lowest BCUT2D eigenvalue weighted by atomic mass is 9.64. The fraction of sp³-hybridized carbons (Fsp3) is 0.562. The average Bonchev–Trinajstić information content (AvgIpc) is 2.70. The third-order valence-corrected chi connectivity index (χ3v) is 4.73. The maximum absolute atomic E-state index is 4.77. The van der Waals surface area contributed by atoms with Crippen molar-refractivity contribution < 1.29 is 0 Å². The second-order valence-corrected chi connectivity index (χ2v) is 5.81. The van der Waals surface area contributed by atoms with E-state index in [4.69, 9.17) is 4.98 Å². The Morgan fingerprint density at radius 3 is 2.74 bits per heavy atom.